The predicted octanol–water partition coefficient (Wildman–Crippen LogP) is 4.59. The molecule has 2 aromatic carbocycles. The van der Waals surface area contributed by atoms with Crippen LogP contribution in [0.5, 0.6) is 11.5 Å². The summed E-state index contributed by atoms with van der Waals surface area (Å²) in [5.74, 6) is 2.10. The number of hydrogen-bond donors (Lipinski definition) is 2. The van der Waals surface area contributed by atoms with Crippen LogP contribution < -0.4 is 20.1 Å². The average molecular weight is 427 g/mol. The third-order valence-corrected chi connectivity index (χ3v) is 4.93. The zero-order valence-electron chi connectivity index (χ0n) is 17.4. The standard InChI is InChI=1S/C22H26N4O3S/c1-4-23-21-16-9-7-8-10-17(16)25-22(26-21)30-14-20(27)24-15-11-12-18(28-5-2)19(13-15)29-6-3/h7-13H,4-6,14H2,1-3H3,(H,24,27)(H,23,25,26). The molecule has 0 unspecified atom stereocenters. The van der Waals surface area contributed by atoms with E-state index >= 15 is 0 Å². The Morgan fingerprint density at radius 3 is 2.53 bits per heavy atom. The molecule has 1 heterocycles. The molecule has 0 atom stereocenters. The van der Waals surface area contributed by atoms with Crippen molar-refractivity contribution in [2.45, 2.75) is 25.9 Å². The minimum absolute atomic E-state index is 0.145. The minimum atomic E-state index is -0.145. The molecule has 1 amide bonds. The molecule has 0 aliphatic rings. The maximum atomic E-state index is 12.5. The summed E-state index contributed by atoms with van der Waals surface area (Å²) >= 11 is 1.30. The van der Waals surface area contributed by atoms with Crippen molar-refractivity contribution in [3.8, 4) is 11.5 Å². The molecule has 2 N–H and O–H groups in total. The first-order valence-electron chi connectivity index (χ1n) is 9.97. The molecule has 0 saturated carbocycles. The number of carbonyl (C=O) groups excluding carboxylic acids is 1. The van der Waals surface area contributed by atoms with Crippen LogP contribution in [0.1, 0.15) is 20.8 Å². The van der Waals surface area contributed by atoms with Crippen LogP contribution in [0.4, 0.5) is 11.5 Å². The number of fused-ring (bicyclic) bond motifs is 1. The third kappa shape index (κ3) is 5.54. The Kier molecular flexibility index (Phi) is 7.73. The lowest BCUT2D eigenvalue weighted by Gasteiger charge is -2.13. The summed E-state index contributed by atoms with van der Waals surface area (Å²) in [5, 5.41) is 7.67. The first-order valence-corrected chi connectivity index (χ1v) is 11.0. The lowest BCUT2D eigenvalue weighted by molar-refractivity contribution is -0.113. The van der Waals surface area contributed by atoms with Crippen molar-refractivity contribution in [1.82, 2.24) is 9.97 Å². The molecule has 0 fully saturated rings. The van der Waals surface area contributed by atoms with Crippen LogP contribution in [0.3, 0.4) is 0 Å². The zero-order valence-corrected chi connectivity index (χ0v) is 18.2. The zero-order chi connectivity index (χ0) is 21.3. The number of rotatable bonds is 10. The number of nitrogens with one attached hydrogen (secondary N) is 2. The summed E-state index contributed by atoms with van der Waals surface area (Å²) in [4.78, 5) is 21.6. The quantitative estimate of drug-likeness (QED) is 0.362. The molecular weight excluding hydrogens is 400 g/mol. The molecule has 158 valence electrons. The molecule has 0 radical (unpaired) electrons. The maximum absolute atomic E-state index is 12.5. The summed E-state index contributed by atoms with van der Waals surface area (Å²) in [6.07, 6.45) is 0. The van der Waals surface area contributed by atoms with Gasteiger partial charge in [-0.25, -0.2) is 9.97 Å². The highest BCUT2D eigenvalue weighted by Crippen LogP contribution is 2.31. The van der Waals surface area contributed by atoms with Crippen molar-refractivity contribution in [3.63, 3.8) is 0 Å². The van der Waals surface area contributed by atoms with Gasteiger partial charge in [-0.2, -0.15) is 0 Å². The van der Waals surface area contributed by atoms with Crippen molar-refractivity contribution in [3.05, 3.63) is 42.5 Å². The first-order chi connectivity index (χ1) is 14.6. The van der Waals surface area contributed by atoms with E-state index < -0.39 is 0 Å². The summed E-state index contributed by atoms with van der Waals surface area (Å²) < 4.78 is 11.2. The number of aromatic nitrogens is 2. The molecule has 0 bridgehead atoms. The van der Waals surface area contributed by atoms with Gasteiger partial charge in [-0.15, -0.1) is 0 Å². The highest BCUT2D eigenvalue weighted by atomic mass is 32.2. The Morgan fingerprint density at radius 2 is 1.77 bits per heavy atom. The molecule has 7 nitrogen and oxygen atoms in total. The van der Waals surface area contributed by atoms with Gasteiger partial charge in [-0.3, -0.25) is 4.79 Å². The van der Waals surface area contributed by atoms with Crippen LogP contribution in [0.2, 0.25) is 0 Å². The van der Waals surface area contributed by atoms with Crippen molar-refractivity contribution in [2.24, 2.45) is 0 Å². The van der Waals surface area contributed by atoms with E-state index in [4.69, 9.17) is 9.47 Å². The summed E-state index contributed by atoms with van der Waals surface area (Å²) in [5.41, 5.74) is 1.50. The summed E-state index contributed by atoms with van der Waals surface area (Å²) in [6.45, 7) is 7.65. The van der Waals surface area contributed by atoms with Crippen molar-refractivity contribution in [2.75, 3.05) is 36.1 Å². The van der Waals surface area contributed by atoms with Crippen molar-refractivity contribution in [1.29, 1.82) is 0 Å². The first kappa shape index (κ1) is 21.7. The second kappa shape index (κ2) is 10.7. The maximum Gasteiger partial charge on any atom is 0.234 e. The molecule has 0 saturated heterocycles. The van der Waals surface area contributed by atoms with E-state index in [9.17, 15) is 4.79 Å². The van der Waals surface area contributed by atoms with Crippen molar-refractivity contribution < 1.29 is 14.3 Å². The predicted molar refractivity (Wildman–Crippen MR) is 122 cm³/mol. The van der Waals surface area contributed by atoms with E-state index in [2.05, 4.69) is 20.6 Å². The number of benzene rings is 2. The van der Waals surface area contributed by atoms with Crippen LogP contribution in [-0.4, -0.2) is 41.4 Å². The monoisotopic (exact) mass is 426 g/mol. The molecule has 3 aromatic rings. The fraction of sp³-hybridized carbons (Fsp3) is 0.318. The fourth-order valence-electron chi connectivity index (χ4n) is 2.88. The smallest absolute Gasteiger partial charge is 0.234 e. The highest BCUT2D eigenvalue weighted by molar-refractivity contribution is 7.99. The Bertz CT molecular complexity index is 1010. The Labute approximate surface area is 180 Å². The van der Waals surface area contributed by atoms with E-state index in [0.29, 0.717) is 35.6 Å². The number of hydrogen-bond acceptors (Lipinski definition) is 7. The van der Waals surface area contributed by atoms with Crippen LogP contribution in [0, 0.1) is 0 Å². The van der Waals surface area contributed by atoms with Crippen LogP contribution >= 0.6 is 11.8 Å². The van der Waals surface area contributed by atoms with E-state index in [1.54, 1.807) is 18.2 Å². The number of carbonyl (C=O) groups is 1. The fourth-order valence-corrected chi connectivity index (χ4v) is 3.53. The Balaban J connectivity index is 1.68. The normalized spacial score (nSPS) is 10.6. The van der Waals surface area contributed by atoms with E-state index in [-0.39, 0.29) is 11.7 Å². The van der Waals surface area contributed by atoms with Gasteiger partial charge in [0.05, 0.1) is 24.5 Å². The van der Waals surface area contributed by atoms with Gasteiger partial charge in [0, 0.05) is 23.7 Å². The van der Waals surface area contributed by atoms with E-state index in [1.807, 2.05) is 45.0 Å². The second-order valence-electron chi connectivity index (χ2n) is 6.27. The van der Waals surface area contributed by atoms with Gasteiger partial charge in [0.15, 0.2) is 16.7 Å². The number of anilines is 2. The van der Waals surface area contributed by atoms with Gasteiger partial charge in [-0.05, 0) is 45.0 Å². The Hall–Kier alpha value is -3.00. The topological polar surface area (TPSA) is 85.4 Å². The van der Waals surface area contributed by atoms with Gasteiger partial charge in [0.25, 0.3) is 0 Å². The minimum Gasteiger partial charge on any atom is -0.490 e. The van der Waals surface area contributed by atoms with Crippen LogP contribution in [-0.2, 0) is 4.79 Å². The lowest BCUT2D eigenvalue weighted by atomic mass is 10.2. The van der Waals surface area contributed by atoms with Gasteiger partial charge < -0.3 is 20.1 Å². The van der Waals surface area contributed by atoms with Gasteiger partial charge >= 0.3 is 0 Å². The SMILES string of the molecule is CCNc1nc(SCC(=O)Nc2ccc(OCC)c(OCC)c2)nc2ccccc12. The number of amides is 1. The molecule has 1 aromatic heterocycles. The molecule has 0 spiro atoms. The molecule has 0 aliphatic heterocycles. The molecule has 3 rings (SSSR count). The van der Waals surface area contributed by atoms with Crippen molar-refractivity contribution >= 4 is 40.1 Å². The van der Waals surface area contributed by atoms with Gasteiger partial charge in [0.2, 0.25) is 5.91 Å². The molecule has 8 heteroatoms. The number of ether oxygens (including phenoxy) is 2. The molecular formula is C22H26N4O3S. The Morgan fingerprint density at radius 1 is 1.00 bits per heavy atom. The van der Waals surface area contributed by atoms with Crippen LogP contribution in [0.25, 0.3) is 10.9 Å². The highest BCUT2D eigenvalue weighted by Gasteiger charge is 2.12. The molecule has 30 heavy (non-hydrogen) atoms. The summed E-state index contributed by atoms with van der Waals surface area (Å²) in [7, 11) is 0. The van der Waals surface area contributed by atoms with Gasteiger partial charge in [0.1, 0.15) is 5.82 Å². The average Bonchev–Trinajstić information content (AvgIpc) is 2.75. The third-order valence-electron chi connectivity index (χ3n) is 4.09. The number of para-hydroxylation sites is 1. The second-order valence-corrected chi connectivity index (χ2v) is 7.21. The summed E-state index contributed by atoms with van der Waals surface area (Å²) in [6, 6.07) is 13.2. The van der Waals surface area contributed by atoms with E-state index in [0.717, 1.165) is 23.3 Å². The van der Waals surface area contributed by atoms with E-state index in [1.165, 1.54) is 11.8 Å². The largest absolute Gasteiger partial charge is 0.490 e. The lowest BCUT2D eigenvalue weighted by Crippen LogP contribution is -2.14. The number of nitrogens with zero attached hydrogens (tertiary/aromatic N) is 2. The number of thioether (sulfide) groups is 1. The van der Waals surface area contributed by atoms with Crippen LogP contribution in [0.15, 0.2) is 47.6 Å². The molecule has 0 aliphatic carbocycles. The van der Waals surface area contributed by atoms with Gasteiger partial charge in [-0.1, -0.05) is 23.9 Å².